The largest absolute Gasteiger partial charge is 0.550 e. The summed E-state index contributed by atoms with van der Waals surface area (Å²) in [5.41, 5.74) is 7.81. The number of fused-ring (bicyclic) bond motifs is 3. The van der Waals surface area contributed by atoms with E-state index in [2.05, 4.69) is 77.9 Å². The van der Waals surface area contributed by atoms with Crippen LogP contribution >= 0.6 is 0 Å². The van der Waals surface area contributed by atoms with E-state index in [-0.39, 0.29) is 22.7 Å². The molecule has 0 aromatic heterocycles. The maximum Gasteiger partial charge on any atom is 0.0701 e. The summed E-state index contributed by atoms with van der Waals surface area (Å²) in [6, 6.07) is 14.0. The molecule has 0 amide bonds. The third-order valence-corrected chi connectivity index (χ3v) is 8.60. The van der Waals surface area contributed by atoms with Crippen molar-refractivity contribution in [3.63, 3.8) is 0 Å². The van der Waals surface area contributed by atoms with Crippen molar-refractivity contribution in [1.29, 1.82) is 0 Å². The highest BCUT2D eigenvalue weighted by Crippen LogP contribution is 2.55. The van der Waals surface area contributed by atoms with Gasteiger partial charge in [0.25, 0.3) is 0 Å². The molecule has 0 saturated heterocycles. The fourth-order valence-electron chi connectivity index (χ4n) is 5.66. The van der Waals surface area contributed by atoms with Gasteiger partial charge in [-0.15, -0.1) is 0 Å². The molecule has 39 heavy (non-hydrogen) atoms. The average molecular weight is 538 g/mol. The van der Waals surface area contributed by atoms with E-state index in [1.165, 1.54) is 33.4 Å². The smallest absolute Gasteiger partial charge is 0.0701 e. The van der Waals surface area contributed by atoms with E-state index < -0.39 is 5.97 Å². The standard InChI is InChI=1S/C34H50O5/c1-8-33(5,6)26-13-15-28-27-14-12-25(32(2,3)4)23-29(27)34(30(28)24-26,16-10-9-11-31(35)36)17-18-38-21-22-39-20-19-37-7/h12-15,23-24H,8-11,16-22H2,1-7H3,(H,35,36)/p-1. The van der Waals surface area contributed by atoms with Crippen LogP contribution in [0.25, 0.3) is 11.1 Å². The predicted octanol–water partition coefficient (Wildman–Crippen LogP) is 6.32. The van der Waals surface area contributed by atoms with Gasteiger partial charge in [-0.05, 0) is 76.3 Å². The Balaban J connectivity index is 2.02. The minimum absolute atomic E-state index is 0.0237. The molecule has 0 heterocycles. The van der Waals surface area contributed by atoms with Crippen molar-refractivity contribution in [3.8, 4) is 11.1 Å². The zero-order valence-electron chi connectivity index (χ0n) is 25.3. The fourth-order valence-corrected chi connectivity index (χ4v) is 5.66. The molecule has 5 nitrogen and oxygen atoms in total. The van der Waals surface area contributed by atoms with Gasteiger partial charge >= 0.3 is 0 Å². The first-order valence-corrected chi connectivity index (χ1v) is 14.6. The SMILES string of the molecule is CCC(C)(C)c1ccc2c(c1)C(CCCCC(=O)[O-])(CCOCCOCCOC)c1cc(C(C)(C)C)ccc1-2. The summed E-state index contributed by atoms with van der Waals surface area (Å²) in [6.07, 6.45) is 4.28. The molecule has 0 aliphatic heterocycles. The van der Waals surface area contributed by atoms with Crippen molar-refractivity contribution in [2.24, 2.45) is 0 Å². The number of aliphatic carboxylic acids is 1. The Bertz CT molecular complexity index is 1100. The lowest BCUT2D eigenvalue weighted by Crippen LogP contribution is -2.29. The Labute approximate surface area is 236 Å². The highest BCUT2D eigenvalue weighted by Gasteiger charge is 2.43. The molecule has 0 bridgehead atoms. The van der Waals surface area contributed by atoms with Crippen LogP contribution in [0.4, 0.5) is 0 Å². The molecule has 1 atom stereocenters. The van der Waals surface area contributed by atoms with Gasteiger partial charge < -0.3 is 24.1 Å². The van der Waals surface area contributed by atoms with Crippen LogP contribution in [0.3, 0.4) is 0 Å². The quantitative estimate of drug-likeness (QED) is 0.235. The molecule has 1 aliphatic rings. The van der Waals surface area contributed by atoms with E-state index >= 15 is 0 Å². The normalized spacial score (nSPS) is 16.8. The molecule has 2 aromatic rings. The van der Waals surface area contributed by atoms with Gasteiger partial charge in [-0.25, -0.2) is 0 Å². The van der Waals surface area contributed by atoms with Crippen molar-refractivity contribution in [2.75, 3.05) is 40.1 Å². The number of rotatable bonds is 16. The highest BCUT2D eigenvalue weighted by atomic mass is 16.5. The van der Waals surface area contributed by atoms with Crippen LogP contribution in [0, 0.1) is 0 Å². The second kappa shape index (κ2) is 13.4. The molecule has 5 heteroatoms. The van der Waals surface area contributed by atoms with Crippen LogP contribution in [0.5, 0.6) is 0 Å². The first kappa shape index (κ1) is 31.3. The fraction of sp³-hybridized carbons (Fsp3) is 0.618. The highest BCUT2D eigenvalue weighted by molar-refractivity contribution is 5.82. The van der Waals surface area contributed by atoms with E-state index in [0.29, 0.717) is 39.5 Å². The van der Waals surface area contributed by atoms with Crippen LogP contribution < -0.4 is 5.11 Å². The molecule has 0 spiro atoms. The molecular weight excluding hydrogens is 488 g/mol. The Morgan fingerprint density at radius 1 is 0.795 bits per heavy atom. The van der Waals surface area contributed by atoms with Crippen molar-refractivity contribution in [1.82, 2.24) is 0 Å². The summed E-state index contributed by atoms with van der Waals surface area (Å²) in [5, 5.41) is 11.2. The molecule has 0 radical (unpaired) electrons. The lowest BCUT2D eigenvalue weighted by Gasteiger charge is -2.35. The number of hydrogen-bond acceptors (Lipinski definition) is 5. The summed E-state index contributed by atoms with van der Waals surface area (Å²) in [4.78, 5) is 11.2. The number of carboxylic acid groups (broad SMARTS) is 1. The molecule has 2 aromatic carbocycles. The minimum atomic E-state index is -0.977. The lowest BCUT2D eigenvalue weighted by atomic mass is 9.69. The molecule has 0 N–H and O–H groups in total. The second-order valence-electron chi connectivity index (χ2n) is 12.6. The third kappa shape index (κ3) is 7.50. The maximum absolute atomic E-state index is 11.2. The van der Waals surface area contributed by atoms with Crippen LogP contribution in [0.1, 0.15) is 102 Å². The zero-order chi connectivity index (χ0) is 28.7. The zero-order valence-corrected chi connectivity index (χ0v) is 25.3. The molecular formula is C34H49O5-. The number of carboxylic acids is 1. The second-order valence-corrected chi connectivity index (χ2v) is 12.6. The summed E-state index contributed by atoms with van der Waals surface area (Å²) in [5.74, 6) is -0.977. The number of benzene rings is 2. The Kier molecular flexibility index (Phi) is 10.8. The van der Waals surface area contributed by atoms with Gasteiger partial charge in [-0.3, -0.25) is 0 Å². The van der Waals surface area contributed by atoms with Crippen LogP contribution in [0.15, 0.2) is 36.4 Å². The van der Waals surface area contributed by atoms with Gasteiger partial charge in [0.15, 0.2) is 0 Å². The summed E-state index contributed by atoms with van der Waals surface area (Å²) < 4.78 is 16.8. The third-order valence-electron chi connectivity index (χ3n) is 8.60. The lowest BCUT2D eigenvalue weighted by molar-refractivity contribution is -0.305. The van der Waals surface area contributed by atoms with Gasteiger partial charge in [-0.1, -0.05) is 84.4 Å². The minimum Gasteiger partial charge on any atom is -0.550 e. The molecule has 0 fully saturated rings. The number of carbonyl (C=O) groups is 1. The van der Waals surface area contributed by atoms with Crippen molar-refractivity contribution >= 4 is 5.97 Å². The monoisotopic (exact) mass is 537 g/mol. The first-order chi connectivity index (χ1) is 18.5. The predicted molar refractivity (Wildman–Crippen MR) is 156 cm³/mol. The number of methoxy groups -OCH3 is 1. The topological polar surface area (TPSA) is 67.8 Å². The van der Waals surface area contributed by atoms with Crippen molar-refractivity contribution < 1.29 is 24.1 Å². The van der Waals surface area contributed by atoms with Gasteiger partial charge in [0.2, 0.25) is 0 Å². The van der Waals surface area contributed by atoms with E-state index in [4.69, 9.17) is 14.2 Å². The molecule has 1 unspecified atom stereocenters. The van der Waals surface area contributed by atoms with Crippen LogP contribution in [0.2, 0.25) is 0 Å². The van der Waals surface area contributed by atoms with E-state index in [0.717, 1.165) is 25.7 Å². The van der Waals surface area contributed by atoms with Gasteiger partial charge in [0, 0.05) is 25.1 Å². The Morgan fingerprint density at radius 3 is 1.92 bits per heavy atom. The molecule has 3 rings (SSSR count). The number of ether oxygens (including phenoxy) is 3. The summed E-state index contributed by atoms with van der Waals surface area (Å²) >= 11 is 0. The Morgan fingerprint density at radius 2 is 1.36 bits per heavy atom. The van der Waals surface area contributed by atoms with Gasteiger partial charge in [-0.2, -0.15) is 0 Å². The maximum atomic E-state index is 11.2. The number of unbranched alkanes of at least 4 members (excludes halogenated alkanes) is 1. The van der Waals surface area contributed by atoms with E-state index in [1.54, 1.807) is 7.11 Å². The Hall–Kier alpha value is -2.21. The summed E-state index contributed by atoms with van der Waals surface area (Å²) in [6.45, 7) is 16.5. The number of carbonyl (C=O) groups excluding carboxylic acids is 1. The average Bonchev–Trinajstić information content (AvgIpc) is 3.16. The van der Waals surface area contributed by atoms with Gasteiger partial charge in [0.05, 0.1) is 26.4 Å². The van der Waals surface area contributed by atoms with Crippen molar-refractivity contribution in [3.05, 3.63) is 58.7 Å². The van der Waals surface area contributed by atoms with Crippen LogP contribution in [-0.2, 0) is 35.3 Å². The van der Waals surface area contributed by atoms with Crippen molar-refractivity contribution in [2.45, 2.75) is 96.3 Å². The van der Waals surface area contributed by atoms with E-state index in [1.807, 2.05) is 0 Å². The first-order valence-electron chi connectivity index (χ1n) is 14.6. The summed E-state index contributed by atoms with van der Waals surface area (Å²) in [7, 11) is 1.67. The number of hydrogen-bond donors (Lipinski definition) is 0. The molecule has 216 valence electrons. The van der Waals surface area contributed by atoms with Gasteiger partial charge in [0.1, 0.15) is 0 Å². The molecule has 0 saturated carbocycles. The van der Waals surface area contributed by atoms with Crippen LogP contribution in [-0.4, -0.2) is 46.1 Å². The molecule has 1 aliphatic carbocycles. The van der Waals surface area contributed by atoms with E-state index in [9.17, 15) is 9.90 Å².